The Morgan fingerprint density at radius 1 is 1.61 bits per heavy atom. The van der Waals surface area contributed by atoms with Gasteiger partial charge < -0.3 is 10.6 Å². The van der Waals surface area contributed by atoms with Gasteiger partial charge in [0, 0.05) is 19.1 Å². The largest absolute Gasteiger partial charge is 0.334 e. The maximum Gasteiger partial charge on any atom is 0.264 e. The van der Waals surface area contributed by atoms with Crippen LogP contribution in [0.2, 0.25) is 0 Å². The van der Waals surface area contributed by atoms with E-state index in [0.29, 0.717) is 12.5 Å². The summed E-state index contributed by atoms with van der Waals surface area (Å²) >= 11 is 1.53. The number of likely N-dealkylation sites (tertiary alicyclic amines) is 1. The van der Waals surface area contributed by atoms with E-state index in [1.165, 1.54) is 11.3 Å². The fourth-order valence-corrected chi connectivity index (χ4v) is 3.34. The third-order valence-electron chi connectivity index (χ3n) is 3.57. The number of amides is 1. The van der Waals surface area contributed by atoms with Crippen LogP contribution in [0.1, 0.15) is 35.0 Å². The number of hydrogen-bond donors (Lipinski definition) is 1. The van der Waals surface area contributed by atoms with Gasteiger partial charge in [0.1, 0.15) is 0 Å². The number of rotatable bonds is 2. The number of hydrogen-bond acceptors (Lipinski definition) is 3. The van der Waals surface area contributed by atoms with Crippen molar-refractivity contribution in [3.05, 3.63) is 21.9 Å². The van der Waals surface area contributed by atoms with Crippen molar-refractivity contribution < 1.29 is 4.79 Å². The van der Waals surface area contributed by atoms with E-state index in [2.05, 4.69) is 6.92 Å². The number of nitrogens with zero attached hydrogens (tertiary/aromatic N) is 1. The molecule has 0 bridgehead atoms. The number of piperidine rings is 1. The second-order valence-corrected chi connectivity index (χ2v) is 5.87. The molecular weight excluding hydrogens is 268 g/mol. The summed E-state index contributed by atoms with van der Waals surface area (Å²) in [5.41, 5.74) is 6.87. The number of carbonyl (C=O) groups excluding carboxylic acids is 1. The van der Waals surface area contributed by atoms with E-state index in [1.807, 2.05) is 23.3 Å². The Balaban J connectivity index is 0.00000162. The Morgan fingerprint density at radius 3 is 2.89 bits per heavy atom. The highest BCUT2D eigenvalue weighted by atomic mass is 35.5. The van der Waals surface area contributed by atoms with Gasteiger partial charge in [-0.2, -0.15) is 0 Å². The Kier molecular flexibility index (Phi) is 5.63. The van der Waals surface area contributed by atoms with Gasteiger partial charge in [-0.05, 0) is 42.7 Å². The van der Waals surface area contributed by atoms with Gasteiger partial charge in [0.25, 0.3) is 5.91 Å². The van der Waals surface area contributed by atoms with E-state index >= 15 is 0 Å². The minimum absolute atomic E-state index is 0. The molecule has 1 aliphatic rings. The molecule has 18 heavy (non-hydrogen) atoms. The summed E-state index contributed by atoms with van der Waals surface area (Å²) in [7, 11) is 0. The lowest BCUT2D eigenvalue weighted by molar-refractivity contribution is 0.0578. The lowest BCUT2D eigenvalue weighted by Crippen LogP contribution is -2.49. The maximum atomic E-state index is 12.4. The van der Waals surface area contributed by atoms with Crippen LogP contribution in [0, 0.1) is 12.8 Å². The first kappa shape index (κ1) is 15.5. The molecule has 3 nitrogen and oxygen atoms in total. The molecule has 2 rings (SSSR count). The van der Waals surface area contributed by atoms with Crippen molar-refractivity contribution in [3.8, 4) is 0 Å². The quantitative estimate of drug-likeness (QED) is 0.909. The average Bonchev–Trinajstić information content (AvgIpc) is 2.74. The summed E-state index contributed by atoms with van der Waals surface area (Å²) in [5.74, 6) is 0.844. The van der Waals surface area contributed by atoms with Crippen LogP contribution in [0.15, 0.2) is 11.4 Å². The van der Waals surface area contributed by atoms with Crippen molar-refractivity contribution in [1.29, 1.82) is 0 Å². The highest BCUT2D eigenvalue weighted by molar-refractivity contribution is 7.12. The number of aryl methyl sites for hydroxylation is 1. The molecule has 1 aromatic heterocycles. The van der Waals surface area contributed by atoms with Gasteiger partial charge in [-0.15, -0.1) is 23.7 Å². The highest BCUT2D eigenvalue weighted by Crippen LogP contribution is 2.26. The zero-order valence-electron chi connectivity index (χ0n) is 10.9. The van der Waals surface area contributed by atoms with Gasteiger partial charge in [0.05, 0.1) is 4.88 Å². The molecular formula is C13H21ClN2OS. The summed E-state index contributed by atoms with van der Waals surface area (Å²) < 4.78 is 0. The van der Waals surface area contributed by atoms with Crippen molar-refractivity contribution >= 4 is 29.7 Å². The third-order valence-corrected chi connectivity index (χ3v) is 4.57. The number of halogens is 1. The summed E-state index contributed by atoms with van der Waals surface area (Å²) in [6.07, 6.45) is 2.12. The van der Waals surface area contributed by atoms with Crippen LogP contribution in [0.3, 0.4) is 0 Å². The molecule has 0 spiro atoms. The molecule has 0 aromatic carbocycles. The molecule has 2 atom stereocenters. The lowest BCUT2D eigenvalue weighted by Gasteiger charge is -2.37. The van der Waals surface area contributed by atoms with Crippen LogP contribution in [0.4, 0.5) is 0 Å². The topological polar surface area (TPSA) is 46.3 Å². The lowest BCUT2D eigenvalue weighted by atomic mass is 9.92. The van der Waals surface area contributed by atoms with Crippen molar-refractivity contribution in [1.82, 2.24) is 4.90 Å². The minimum atomic E-state index is 0. The van der Waals surface area contributed by atoms with E-state index in [4.69, 9.17) is 5.73 Å². The second kappa shape index (κ2) is 6.55. The first-order valence-corrected chi connectivity index (χ1v) is 7.06. The van der Waals surface area contributed by atoms with Gasteiger partial charge in [-0.3, -0.25) is 4.79 Å². The molecule has 1 saturated heterocycles. The van der Waals surface area contributed by atoms with Gasteiger partial charge in [0.2, 0.25) is 0 Å². The van der Waals surface area contributed by atoms with Crippen LogP contribution >= 0.6 is 23.7 Å². The highest BCUT2D eigenvalue weighted by Gasteiger charge is 2.30. The average molecular weight is 289 g/mol. The zero-order valence-corrected chi connectivity index (χ0v) is 12.5. The van der Waals surface area contributed by atoms with Crippen molar-refractivity contribution in [2.75, 3.05) is 13.1 Å². The normalized spacial score (nSPS) is 23.6. The first-order valence-electron chi connectivity index (χ1n) is 6.18. The molecule has 1 aromatic rings. The molecule has 2 unspecified atom stereocenters. The Bertz CT molecular complexity index is 407. The fraction of sp³-hybridized carbons (Fsp3) is 0.615. The summed E-state index contributed by atoms with van der Waals surface area (Å²) in [5, 5.41) is 1.98. The third kappa shape index (κ3) is 3.05. The van der Waals surface area contributed by atoms with E-state index in [0.717, 1.165) is 29.8 Å². The Labute approximate surface area is 119 Å². The van der Waals surface area contributed by atoms with Crippen LogP contribution in [-0.4, -0.2) is 29.9 Å². The van der Waals surface area contributed by atoms with Crippen LogP contribution in [0.25, 0.3) is 0 Å². The molecule has 1 aliphatic heterocycles. The molecule has 2 N–H and O–H groups in total. The molecule has 0 radical (unpaired) electrons. The van der Waals surface area contributed by atoms with Gasteiger partial charge in [-0.1, -0.05) is 6.92 Å². The van der Waals surface area contributed by atoms with Crippen LogP contribution < -0.4 is 5.73 Å². The molecule has 5 heteroatoms. The van der Waals surface area contributed by atoms with E-state index in [-0.39, 0.29) is 24.4 Å². The van der Waals surface area contributed by atoms with Gasteiger partial charge >= 0.3 is 0 Å². The summed E-state index contributed by atoms with van der Waals surface area (Å²) in [6, 6.07) is 2.22. The smallest absolute Gasteiger partial charge is 0.264 e. The minimum Gasteiger partial charge on any atom is -0.334 e. The molecule has 0 saturated carbocycles. The standard InChI is InChI=1S/C13H20N2OS.ClH/c1-9-3-5-15(11(7-9)8-14)13(16)12-10(2)4-6-17-12;/h4,6,9,11H,3,5,7-8,14H2,1-2H3;1H. The predicted molar refractivity (Wildman–Crippen MR) is 78.6 cm³/mol. The maximum absolute atomic E-state index is 12.4. The van der Waals surface area contributed by atoms with E-state index in [1.54, 1.807) is 0 Å². The molecule has 2 heterocycles. The monoisotopic (exact) mass is 288 g/mol. The van der Waals surface area contributed by atoms with Crippen LogP contribution in [-0.2, 0) is 0 Å². The molecule has 0 aliphatic carbocycles. The van der Waals surface area contributed by atoms with Gasteiger partial charge in [0.15, 0.2) is 0 Å². The SMILES string of the molecule is Cc1ccsc1C(=O)N1CCC(C)CC1CN.Cl. The fourth-order valence-electron chi connectivity index (χ4n) is 2.46. The second-order valence-electron chi connectivity index (χ2n) is 4.95. The van der Waals surface area contributed by atoms with Gasteiger partial charge in [-0.25, -0.2) is 0 Å². The molecule has 1 amide bonds. The van der Waals surface area contributed by atoms with Crippen molar-refractivity contribution in [2.24, 2.45) is 11.7 Å². The molecule has 102 valence electrons. The molecule has 1 fully saturated rings. The zero-order chi connectivity index (χ0) is 12.4. The van der Waals surface area contributed by atoms with E-state index in [9.17, 15) is 4.79 Å². The Morgan fingerprint density at radius 2 is 2.33 bits per heavy atom. The number of nitrogens with two attached hydrogens (primary N) is 1. The van der Waals surface area contributed by atoms with Crippen molar-refractivity contribution in [3.63, 3.8) is 0 Å². The van der Waals surface area contributed by atoms with E-state index < -0.39 is 0 Å². The summed E-state index contributed by atoms with van der Waals surface area (Å²) in [6.45, 7) is 5.65. The number of thiophene rings is 1. The Hall–Kier alpha value is -0.580. The summed E-state index contributed by atoms with van der Waals surface area (Å²) in [4.78, 5) is 15.3. The number of carbonyl (C=O) groups is 1. The predicted octanol–water partition coefficient (Wildman–Crippen LogP) is 2.68. The van der Waals surface area contributed by atoms with Crippen molar-refractivity contribution in [2.45, 2.75) is 32.7 Å². The first-order chi connectivity index (χ1) is 8.13. The van der Waals surface area contributed by atoms with Crippen LogP contribution in [0.5, 0.6) is 0 Å².